The highest BCUT2D eigenvalue weighted by molar-refractivity contribution is 7.88. The quantitative estimate of drug-likeness (QED) is 0.653. The van der Waals surface area contributed by atoms with Crippen molar-refractivity contribution in [3.63, 3.8) is 0 Å². The van der Waals surface area contributed by atoms with Gasteiger partial charge < -0.3 is 14.6 Å². The lowest BCUT2D eigenvalue weighted by Gasteiger charge is -2.43. The molecule has 0 bridgehead atoms. The zero-order valence-electron chi connectivity index (χ0n) is 18.9. The predicted octanol–water partition coefficient (Wildman–Crippen LogP) is 2.90. The van der Waals surface area contributed by atoms with Crippen LogP contribution in [0.15, 0.2) is 30.5 Å². The van der Waals surface area contributed by atoms with E-state index >= 15 is 0 Å². The summed E-state index contributed by atoms with van der Waals surface area (Å²) in [5.74, 6) is 1.51. The highest BCUT2D eigenvalue weighted by atomic mass is 32.2. The molecule has 3 aromatic rings. The molecule has 2 aromatic heterocycles. The monoisotopic (exact) mass is 455 g/mol. The van der Waals surface area contributed by atoms with Crippen LogP contribution in [-0.2, 0) is 26.7 Å². The lowest BCUT2D eigenvalue weighted by Crippen LogP contribution is -2.51. The van der Waals surface area contributed by atoms with Crippen LogP contribution in [0.25, 0.3) is 22.3 Å². The number of sulfonamides is 1. The molecule has 1 fully saturated rings. The molecular formula is C23H29N5O3S. The van der Waals surface area contributed by atoms with Crippen molar-refractivity contribution in [2.75, 3.05) is 37.5 Å². The summed E-state index contributed by atoms with van der Waals surface area (Å²) < 4.78 is 32.4. The van der Waals surface area contributed by atoms with Gasteiger partial charge in [-0.3, -0.25) is 0 Å². The molecule has 1 saturated heterocycles. The standard InChI is InChI=1S/C23H29N5O3S/c1-15-14-31-13-12-27(15)22-18-9-11-28(32(4,29)30)23(2,3)20(18)25-21(26-22)17-6-5-7-19-16(17)8-10-24-19/h5-8,10,15,24H,9,11-14H2,1-4H3/t15-/m1/s1. The van der Waals surface area contributed by atoms with Crippen molar-refractivity contribution in [3.05, 3.63) is 41.7 Å². The second-order valence-electron chi connectivity index (χ2n) is 9.20. The lowest BCUT2D eigenvalue weighted by molar-refractivity contribution is 0.0982. The summed E-state index contributed by atoms with van der Waals surface area (Å²) in [5, 5.41) is 1.04. The minimum absolute atomic E-state index is 0.176. The Balaban J connectivity index is 1.77. The molecule has 0 unspecified atom stereocenters. The van der Waals surface area contributed by atoms with E-state index in [4.69, 9.17) is 14.7 Å². The van der Waals surface area contributed by atoms with Gasteiger partial charge in [0, 0.05) is 41.3 Å². The summed E-state index contributed by atoms with van der Waals surface area (Å²) in [4.78, 5) is 15.7. The Kier molecular flexibility index (Phi) is 5.03. The summed E-state index contributed by atoms with van der Waals surface area (Å²) in [6.45, 7) is 8.45. The molecule has 170 valence electrons. The maximum atomic E-state index is 12.6. The molecular weight excluding hydrogens is 426 g/mol. The topological polar surface area (TPSA) is 91.4 Å². The van der Waals surface area contributed by atoms with Crippen LogP contribution in [0.2, 0.25) is 0 Å². The van der Waals surface area contributed by atoms with Crippen LogP contribution in [0.1, 0.15) is 32.0 Å². The largest absolute Gasteiger partial charge is 0.377 e. The number of anilines is 1. The summed E-state index contributed by atoms with van der Waals surface area (Å²) in [7, 11) is -3.39. The maximum Gasteiger partial charge on any atom is 0.212 e. The first-order chi connectivity index (χ1) is 15.2. The van der Waals surface area contributed by atoms with Crippen molar-refractivity contribution >= 4 is 26.7 Å². The van der Waals surface area contributed by atoms with Gasteiger partial charge in [-0.1, -0.05) is 12.1 Å². The van der Waals surface area contributed by atoms with Gasteiger partial charge in [-0.2, -0.15) is 4.31 Å². The molecule has 32 heavy (non-hydrogen) atoms. The molecule has 2 aliphatic heterocycles. The van der Waals surface area contributed by atoms with E-state index in [1.54, 1.807) is 4.31 Å². The van der Waals surface area contributed by atoms with Crippen molar-refractivity contribution in [2.45, 2.75) is 38.8 Å². The number of fused-ring (bicyclic) bond motifs is 2. The highest BCUT2D eigenvalue weighted by Crippen LogP contribution is 2.41. The van der Waals surface area contributed by atoms with Crippen molar-refractivity contribution in [2.24, 2.45) is 0 Å². The van der Waals surface area contributed by atoms with E-state index in [0.717, 1.165) is 40.1 Å². The van der Waals surface area contributed by atoms with E-state index in [2.05, 4.69) is 16.8 Å². The van der Waals surface area contributed by atoms with Gasteiger partial charge in [-0.05, 0) is 39.3 Å². The molecule has 8 nitrogen and oxygen atoms in total. The van der Waals surface area contributed by atoms with Gasteiger partial charge in [0.1, 0.15) is 5.82 Å². The number of H-pyrrole nitrogens is 1. The normalized spacial score (nSPS) is 21.6. The zero-order valence-corrected chi connectivity index (χ0v) is 19.7. The number of morpholine rings is 1. The number of benzene rings is 1. The van der Waals surface area contributed by atoms with Crippen LogP contribution in [-0.4, -0.2) is 66.3 Å². The van der Waals surface area contributed by atoms with Crippen LogP contribution in [0.5, 0.6) is 0 Å². The average Bonchev–Trinajstić information content (AvgIpc) is 3.21. The fourth-order valence-electron chi connectivity index (χ4n) is 5.08. The van der Waals surface area contributed by atoms with Gasteiger partial charge >= 0.3 is 0 Å². The second-order valence-corrected chi connectivity index (χ2v) is 11.1. The highest BCUT2D eigenvalue weighted by Gasteiger charge is 2.43. The van der Waals surface area contributed by atoms with Crippen LogP contribution in [0, 0.1) is 0 Å². The van der Waals surface area contributed by atoms with Crippen LogP contribution >= 0.6 is 0 Å². The fraction of sp³-hybridized carbons (Fsp3) is 0.478. The van der Waals surface area contributed by atoms with Gasteiger partial charge in [0.05, 0.1) is 36.7 Å². The van der Waals surface area contributed by atoms with E-state index in [-0.39, 0.29) is 6.04 Å². The third kappa shape index (κ3) is 3.39. The van der Waals surface area contributed by atoms with Gasteiger partial charge in [0.2, 0.25) is 10.0 Å². The molecule has 2 aliphatic rings. The Labute approximate surface area is 188 Å². The average molecular weight is 456 g/mol. The molecule has 0 saturated carbocycles. The Bertz CT molecular complexity index is 1280. The first-order valence-electron chi connectivity index (χ1n) is 11.0. The van der Waals surface area contributed by atoms with E-state index in [1.165, 1.54) is 6.26 Å². The Morgan fingerprint density at radius 1 is 1.19 bits per heavy atom. The zero-order chi connectivity index (χ0) is 22.7. The third-order valence-corrected chi connectivity index (χ3v) is 8.07. The molecule has 1 N–H and O–H groups in total. The lowest BCUT2D eigenvalue weighted by atomic mass is 9.89. The Morgan fingerprint density at radius 3 is 2.75 bits per heavy atom. The van der Waals surface area contributed by atoms with Crippen LogP contribution in [0.3, 0.4) is 0 Å². The first-order valence-corrected chi connectivity index (χ1v) is 12.8. The van der Waals surface area contributed by atoms with Crippen molar-refractivity contribution in [1.29, 1.82) is 0 Å². The summed E-state index contributed by atoms with van der Waals surface area (Å²) >= 11 is 0. The molecule has 0 radical (unpaired) electrons. The molecule has 5 rings (SSSR count). The Hall–Kier alpha value is -2.49. The van der Waals surface area contributed by atoms with Gasteiger partial charge in [0.15, 0.2) is 5.82 Å². The number of rotatable bonds is 3. The Morgan fingerprint density at radius 2 is 2.00 bits per heavy atom. The van der Waals surface area contributed by atoms with E-state index in [1.807, 2.05) is 44.3 Å². The molecule has 1 atom stereocenters. The number of aromatic amines is 1. The van der Waals surface area contributed by atoms with E-state index < -0.39 is 15.6 Å². The first kappa shape index (κ1) is 21.4. The van der Waals surface area contributed by atoms with E-state index in [9.17, 15) is 8.42 Å². The molecule has 9 heteroatoms. The van der Waals surface area contributed by atoms with Crippen LogP contribution < -0.4 is 4.90 Å². The number of nitrogens with zero attached hydrogens (tertiary/aromatic N) is 4. The number of hydrogen-bond donors (Lipinski definition) is 1. The van der Waals surface area contributed by atoms with Crippen molar-refractivity contribution < 1.29 is 13.2 Å². The summed E-state index contributed by atoms with van der Waals surface area (Å²) in [5.41, 5.74) is 2.98. The molecule has 1 aromatic carbocycles. The number of nitrogens with one attached hydrogen (secondary N) is 1. The summed E-state index contributed by atoms with van der Waals surface area (Å²) in [6, 6.07) is 8.24. The second kappa shape index (κ2) is 7.54. The number of ether oxygens (including phenoxy) is 1. The molecule has 0 aliphatic carbocycles. The smallest absolute Gasteiger partial charge is 0.212 e. The third-order valence-electron chi connectivity index (χ3n) is 6.63. The fourth-order valence-corrected chi connectivity index (χ4v) is 6.42. The summed E-state index contributed by atoms with van der Waals surface area (Å²) in [6.07, 6.45) is 3.76. The van der Waals surface area contributed by atoms with Crippen molar-refractivity contribution in [1.82, 2.24) is 19.3 Å². The molecule has 0 amide bonds. The molecule has 4 heterocycles. The van der Waals surface area contributed by atoms with Crippen molar-refractivity contribution in [3.8, 4) is 11.4 Å². The van der Waals surface area contributed by atoms with Gasteiger partial charge in [-0.15, -0.1) is 0 Å². The maximum absolute atomic E-state index is 12.6. The van der Waals surface area contributed by atoms with E-state index in [0.29, 0.717) is 32.0 Å². The minimum atomic E-state index is -3.39. The van der Waals surface area contributed by atoms with Gasteiger partial charge in [0.25, 0.3) is 0 Å². The number of hydrogen-bond acceptors (Lipinski definition) is 6. The van der Waals surface area contributed by atoms with Crippen LogP contribution in [0.4, 0.5) is 5.82 Å². The minimum Gasteiger partial charge on any atom is -0.377 e. The number of aromatic nitrogens is 3. The molecule has 0 spiro atoms. The predicted molar refractivity (Wildman–Crippen MR) is 125 cm³/mol. The SMILES string of the molecule is C[C@@H]1COCCN1c1nc(-c2cccc3[nH]ccc23)nc2c1CCN(S(C)(=O)=O)C2(C)C. The van der Waals surface area contributed by atoms with Gasteiger partial charge in [-0.25, -0.2) is 18.4 Å².